The van der Waals surface area contributed by atoms with E-state index >= 15 is 0 Å². The van der Waals surface area contributed by atoms with E-state index in [2.05, 4.69) is 25.6 Å². The van der Waals surface area contributed by atoms with Gasteiger partial charge in [-0.05, 0) is 13.8 Å². The number of hydrogen-bond acceptors (Lipinski definition) is 5. The maximum absolute atomic E-state index is 12.0. The summed E-state index contributed by atoms with van der Waals surface area (Å²) in [6.07, 6.45) is 4.80. The van der Waals surface area contributed by atoms with Crippen LogP contribution in [0.4, 0.5) is 0 Å². The Morgan fingerprint density at radius 1 is 1.33 bits per heavy atom. The molecule has 94 valence electrons. The molecule has 7 nitrogen and oxygen atoms in total. The number of aromatic nitrogens is 5. The Bertz CT molecular complexity index is 516. The Labute approximate surface area is 104 Å². The van der Waals surface area contributed by atoms with E-state index in [9.17, 15) is 4.79 Å². The van der Waals surface area contributed by atoms with Gasteiger partial charge in [-0.1, -0.05) is 5.21 Å². The molecule has 0 aliphatic heterocycles. The van der Waals surface area contributed by atoms with Crippen molar-refractivity contribution in [2.75, 3.05) is 6.54 Å². The third-order valence-electron chi connectivity index (χ3n) is 2.55. The van der Waals surface area contributed by atoms with Crippen molar-refractivity contribution >= 4 is 5.91 Å². The van der Waals surface area contributed by atoms with Gasteiger partial charge in [0.05, 0.1) is 29.7 Å². The highest BCUT2D eigenvalue weighted by Crippen LogP contribution is 2.07. The second-order valence-electron chi connectivity index (χ2n) is 3.84. The summed E-state index contributed by atoms with van der Waals surface area (Å²) in [5, 5.41) is 10.3. The van der Waals surface area contributed by atoms with Crippen LogP contribution < -0.4 is 5.32 Å². The molecular formula is C11H14N6O. The minimum Gasteiger partial charge on any atom is -0.350 e. The van der Waals surface area contributed by atoms with Crippen molar-refractivity contribution in [3.63, 3.8) is 0 Å². The smallest absolute Gasteiger partial charge is 0.255 e. The maximum Gasteiger partial charge on any atom is 0.255 e. The van der Waals surface area contributed by atoms with Gasteiger partial charge in [0, 0.05) is 12.7 Å². The van der Waals surface area contributed by atoms with Gasteiger partial charge in [0.15, 0.2) is 0 Å². The van der Waals surface area contributed by atoms with Crippen molar-refractivity contribution in [1.82, 2.24) is 30.3 Å². The number of nitrogens with zero attached hydrogens (tertiary/aromatic N) is 5. The molecule has 0 atom stereocenters. The lowest BCUT2D eigenvalue weighted by Crippen LogP contribution is -2.29. The fourth-order valence-electron chi connectivity index (χ4n) is 1.65. The van der Waals surface area contributed by atoms with Gasteiger partial charge in [-0.3, -0.25) is 9.48 Å². The molecule has 0 aliphatic rings. The second-order valence-corrected chi connectivity index (χ2v) is 3.84. The molecule has 0 aliphatic carbocycles. The third-order valence-corrected chi connectivity index (χ3v) is 2.55. The first kappa shape index (κ1) is 12.2. The highest BCUT2D eigenvalue weighted by Gasteiger charge is 2.13. The van der Waals surface area contributed by atoms with Crippen molar-refractivity contribution in [1.29, 1.82) is 0 Å². The van der Waals surface area contributed by atoms with Crippen LogP contribution in [0, 0.1) is 13.8 Å². The van der Waals surface area contributed by atoms with Crippen LogP contribution in [0.5, 0.6) is 0 Å². The highest BCUT2D eigenvalue weighted by atomic mass is 16.1. The second kappa shape index (κ2) is 5.35. The van der Waals surface area contributed by atoms with Crippen LogP contribution in [0.3, 0.4) is 0 Å². The molecule has 0 saturated heterocycles. The van der Waals surface area contributed by atoms with E-state index < -0.39 is 0 Å². The van der Waals surface area contributed by atoms with Gasteiger partial charge in [0.1, 0.15) is 6.33 Å². The van der Waals surface area contributed by atoms with E-state index in [1.54, 1.807) is 30.9 Å². The molecule has 2 aromatic heterocycles. The molecule has 1 N–H and O–H groups in total. The number of carbonyl (C=O) groups is 1. The first-order valence-electron chi connectivity index (χ1n) is 5.59. The van der Waals surface area contributed by atoms with Crippen LogP contribution in [0.15, 0.2) is 18.7 Å². The number of nitrogens with one attached hydrogen (secondary N) is 1. The Morgan fingerprint density at radius 2 is 2.06 bits per heavy atom. The van der Waals surface area contributed by atoms with Crippen molar-refractivity contribution in [2.24, 2.45) is 0 Å². The molecule has 7 heteroatoms. The summed E-state index contributed by atoms with van der Waals surface area (Å²) in [5.41, 5.74) is 1.90. The summed E-state index contributed by atoms with van der Waals surface area (Å²) < 4.78 is 1.65. The molecule has 0 fully saturated rings. The molecule has 0 aromatic carbocycles. The van der Waals surface area contributed by atoms with E-state index in [0.717, 1.165) is 0 Å². The number of carbonyl (C=O) groups excluding carboxylic acids is 1. The van der Waals surface area contributed by atoms with Gasteiger partial charge in [0.25, 0.3) is 5.91 Å². The number of hydrogen-bond donors (Lipinski definition) is 1. The van der Waals surface area contributed by atoms with Crippen molar-refractivity contribution < 1.29 is 4.79 Å². The summed E-state index contributed by atoms with van der Waals surface area (Å²) in [5.74, 6) is -0.161. The molecule has 1 amide bonds. The largest absolute Gasteiger partial charge is 0.350 e. The number of rotatable bonds is 4. The number of amides is 1. The Hall–Kier alpha value is -2.31. The summed E-state index contributed by atoms with van der Waals surface area (Å²) >= 11 is 0. The molecule has 2 heterocycles. The van der Waals surface area contributed by atoms with Crippen LogP contribution >= 0.6 is 0 Å². The van der Waals surface area contributed by atoms with Gasteiger partial charge in [0.2, 0.25) is 0 Å². The number of aryl methyl sites for hydroxylation is 2. The zero-order valence-corrected chi connectivity index (χ0v) is 10.3. The van der Waals surface area contributed by atoms with E-state index in [4.69, 9.17) is 0 Å². The Kier molecular flexibility index (Phi) is 3.61. The molecule has 0 spiro atoms. The minimum atomic E-state index is -0.161. The Morgan fingerprint density at radius 3 is 2.67 bits per heavy atom. The molecule has 0 saturated carbocycles. The monoisotopic (exact) mass is 246 g/mol. The van der Waals surface area contributed by atoms with Gasteiger partial charge in [-0.15, -0.1) is 5.10 Å². The predicted molar refractivity (Wildman–Crippen MR) is 63.9 cm³/mol. The van der Waals surface area contributed by atoms with Gasteiger partial charge >= 0.3 is 0 Å². The van der Waals surface area contributed by atoms with Crippen LogP contribution in [0.25, 0.3) is 0 Å². The summed E-state index contributed by atoms with van der Waals surface area (Å²) in [6.45, 7) is 4.65. The fourth-order valence-corrected chi connectivity index (χ4v) is 1.65. The average molecular weight is 246 g/mol. The predicted octanol–water partition coefficient (Wildman–Crippen LogP) is 0.115. The van der Waals surface area contributed by atoms with E-state index in [1.165, 1.54) is 6.33 Å². The summed E-state index contributed by atoms with van der Waals surface area (Å²) in [7, 11) is 0. The minimum absolute atomic E-state index is 0.161. The molecule has 0 unspecified atom stereocenters. The third kappa shape index (κ3) is 2.68. The quantitative estimate of drug-likeness (QED) is 0.827. The van der Waals surface area contributed by atoms with Gasteiger partial charge in [-0.2, -0.15) is 0 Å². The normalized spacial score (nSPS) is 10.3. The molecule has 2 rings (SSSR count). The van der Waals surface area contributed by atoms with Gasteiger partial charge in [-0.25, -0.2) is 9.97 Å². The Balaban J connectivity index is 1.96. The van der Waals surface area contributed by atoms with Crippen LogP contribution in [0.2, 0.25) is 0 Å². The van der Waals surface area contributed by atoms with Crippen LogP contribution in [-0.2, 0) is 6.54 Å². The zero-order chi connectivity index (χ0) is 13.0. The lowest BCUT2D eigenvalue weighted by atomic mass is 10.1. The SMILES string of the molecule is Cc1ncnc(C)c1C(=O)NCCn1ccnn1. The van der Waals surface area contributed by atoms with E-state index in [1.807, 2.05) is 0 Å². The zero-order valence-electron chi connectivity index (χ0n) is 10.3. The van der Waals surface area contributed by atoms with Crippen molar-refractivity contribution in [3.8, 4) is 0 Å². The average Bonchev–Trinajstić information content (AvgIpc) is 2.82. The van der Waals surface area contributed by atoms with E-state index in [0.29, 0.717) is 30.0 Å². The molecule has 2 aromatic rings. The maximum atomic E-state index is 12.0. The van der Waals surface area contributed by atoms with E-state index in [-0.39, 0.29) is 5.91 Å². The summed E-state index contributed by atoms with van der Waals surface area (Å²) in [6, 6.07) is 0. The summed E-state index contributed by atoms with van der Waals surface area (Å²) in [4.78, 5) is 20.0. The van der Waals surface area contributed by atoms with Crippen LogP contribution in [0.1, 0.15) is 21.7 Å². The molecule has 0 bridgehead atoms. The lowest BCUT2D eigenvalue weighted by molar-refractivity contribution is 0.0949. The molecular weight excluding hydrogens is 232 g/mol. The first-order valence-corrected chi connectivity index (χ1v) is 5.59. The molecule has 18 heavy (non-hydrogen) atoms. The van der Waals surface area contributed by atoms with Crippen molar-refractivity contribution in [2.45, 2.75) is 20.4 Å². The van der Waals surface area contributed by atoms with Crippen molar-refractivity contribution in [3.05, 3.63) is 35.7 Å². The van der Waals surface area contributed by atoms with Gasteiger partial charge < -0.3 is 5.32 Å². The highest BCUT2D eigenvalue weighted by molar-refractivity contribution is 5.96. The molecule has 0 radical (unpaired) electrons. The van der Waals surface area contributed by atoms with Crippen LogP contribution in [-0.4, -0.2) is 37.4 Å². The fraction of sp³-hybridized carbons (Fsp3) is 0.364. The lowest BCUT2D eigenvalue weighted by Gasteiger charge is -2.08. The standard InChI is InChI=1S/C11H14N6O/c1-8-10(9(2)14-7-13-8)11(18)12-3-5-17-6-4-15-16-17/h4,6-7H,3,5H2,1-2H3,(H,12,18). The first-order chi connectivity index (χ1) is 8.68. The topological polar surface area (TPSA) is 85.6 Å².